The summed E-state index contributed by atoms with van der Waals surface area (Å²) < 4.78 is 0. The number of hydrogen-bond acceptors (Lipinski definition) is 2. The molecule has 1 aromatic rings. The second-order valence-corrected chi connectivity index (χ2v) is 4.93. The van der Waals surface area contributed by atoms with Crippen LogP contribution >= 0.6 is 0 Å². The Labute approximate surface area is 110 Å². The van der Waals surface area contributed by atoms with Crippen LogP contribution in [0.3, 0.4) is 0 Å². The highest BCUT2D eigenvalue weighted by Gasteiger charge is 2.12. The molecule has 0 aromatic heterocycles. The van der Waals surface area contributed by atoms with E-state index in [0.29, 0.717) is 17.5 Å². The first-order valence-electron chi connectivity index (χ1n) is 6.58. The van der Waals surface area contributed by atoms with Gasteiger partial charge in [-0.1, -0.05) is 26.3 Å². The van der Waals surface area contributed by atoms with Crippen molar-refractivity contribution >= 4 is 11.6 Å². The van der Waals surface area contributed by atoms with Crippen LogP contribution in [-0.4, -0.2) is 19.0 Å². The third kappa shape index (κ3) is 3.49. The molecule has 3 nitrogen and oxygen atoms in total. The van der Waals surface area contributed by atoms with E-state index in [9.17, 15) is 4.79 Å². The SMILES string of the molecule is CCC(C)C(C)Nc1cc(C(=O)NC)ccc1C. The van der Waals surface area contributed by atoms with Gasteiger partial charge in [-0.3, -0.25) is 4.79 Å². The number of rotatable bonds is 5. The minimum Gasteiger partial charge on any atom is -0.382 e. The number of carbonyl (C=O) groups is 1. The van der Waals surface area contributed by atoms with Gasteiger partial charge in [0.25, 0.3) is 5.91 Å². The zero-order chi connectivity index (χ0) is 13.7. The summed E-state index contributed by atoms with van der Waals surface area (Å²) in [5.74, 6) is 0.558. The Morgan fingerprint density at radius 2 is 2.00 bits per heavy atom. The Morgan fingerprint density at radius 1 is 1.33 bits per heavy atom. The van der Waals surface area contributed by atoms with Gasteiger partial charge in [-0.25, -0.2) is 0 Å². The van der Waals surface area contributed by atoms with Crippen LogP contribution in [0.2, 0.25) is 0 Å². The van der Waals surface area contributed by atoms with E-state index >= 15 is 0 Å². The van der Waals surface area contributed by atoms with Crippen molar-refractivity contribution in [1.29, 1.82) is 0 Å². The fourth-order valence-electron chi connectivity index (χ4n) is 1.80. The van der Waals surface area contributed by atoms with Crippen molar-refractivity contribution in [2.24, 2.45) is 5.92 Å². The van der Waals surface area contributed by atoms with Crippen LogP contribution in [-0.2, 0) is 0 Å². The van der Waals surface area contributed by atoms with E-state index in [1.807, 2.05) is 18.2 Å². The number of carbonyl (C=O) groups excluding carboxylic acids is 1. The van der Waals surface area contributed by atoms with Crippen molar-refractivity contribution in [1.82, 2.24) is 5.32 Å². The number of benzene rings is 1. The zero-order valence-electron chi connectivity index (χ0n) is 12.0. The third-order valence-electron chi connectivity index (χ3n) is 3.61. The lowest BCUT2D eigenvalue weighted by molar-refractivity contribution is 0.0963. The molecular formula is C15H24N2O. The molecule has 2 atom stereocenters. The lowest BCUT2D eigenvalue weighted by Gasteiger charge is -2.22. The second kappa shape index (κ2) is 6.43. The van der Waals surface area contributed by atoms with Crippen LogP contribution in [0.1, 0.15) is 43.1 Å². The van der Waals surface area contributed by atoms with E-state index in [0.717, 1.165) is 17.7 Å². The number of nitrogens with one attached hydrogen (secondary N) is 2. The maximum Gasteiger partial charge on any atom is 0.251 e. The average Bonchev–Trinajstić information content (AvgIpc) is 2.39. The Balaban J connectivity index is 2.91. The monoisotopic (exact) mass is 248 g/mol. The topological polar surface area (TPSA) is 41.1 Å². The van der Waals surface area contributed by atoms with Crippen molar-refractivity contribution in [3.63, 3.8) is 0 Å². The van der Waals surface area contributed by atoms with Gasteiger partial charge in [0.1, 0.15) is 0 Å². The Hall–Kier alpha value is -1.51. The number of aryl methyl sites for hydroxylation is 1. The number of amides is 1. The smallest absolute Gasteiger partial charge is 0.251 e. The van der Waals surface area contributed by atoms with E-state index in [1.54, 1.807) is 7.05 Å². The van der Waals surface area contributed by atoms with Crippen molar-refractivity contribution in [2.45, 2.75) is 40.2 Å². The molecule has 1 rings (SSSR count). The maximum absolute atomic E-state index is 11.6. The van der Waals surface area contributed by atoms with E-state index in [1.165, 1.54) is 0 Å². The molecular weight excluding hydrogens is 224 g/mol. The van der Waals surface area contributed by atoms with Gasteiger partial charge >= 0.3 is 0 Å². The van der Waals surface area contributed by atoms with E-state index in [-0.39, 0.29) is 5.91 Å². The molecule has 1 aromatic carbocycles. The lowest BCUT2D eigenvalue weighted by Crippen LogP contribution is -2.24. The minimum atomic E-state index is -0.0470. The maximum atomic E-state index is 11.6. The molecule has 0 spiro atoms. The largest absolute Gasteiger partial charge is 0.382 e. The van der Waals surface area contributed by atoms with Crippen LogP contribution in [0.25, 0.3) is 0 Å². The van der Waals surface area contributed by atoms with Crippen LogP contribution < -0.4 is 10.6 Å². The molecule has 0 radical (unpaired) electrons. The summed E-state index contributed by atoms with van der Waals surface area (Å²) in [7, 11) is 1.65. The minimum absolute atomic E-state index is 0.0470. The first kappa shape index (κ1) is 14.6. The third-order valence-corrected chi connectivity index (χ3v) is 3.61. The molecule has 0 bridgehead atoms. The van der Waals surface area contributed by atoms with Crippen molar-refractivity contribution in [3.8, 4) is 0 Å². The van der Waals surface area contributed by atoms with Crippen LogP contribution in [0.15, 0.2) is 18.2 Å². The molecule has 0 aliphatic rings. The standard InChI is InChI=1S/C15H24N2O/c1-6-10(2)12(4)17-14-9-13(15(18)16-5)8-7-11(14)3/h7-10,12,17H,6H2,1-5H3,(H,16,18). The average molecular weight is 248 g/mol. The molecule has 1 amide bonds. The highest BCUT2D eigenvalue weighted by molar-refractivity contribution is 5.95. The fourth-order valence-corrected chi connectivity index (χ4v) is 1.80. The summed E-state index contributed by atoms with van der Waals surface area (Å²) in [6, 6.07) is 6.16. The fraction of sp³-hybridized carbons (Fsp3) is 0.533. The second-order valence-electron chi connectivity index (χ2n) is 4.93. The molecule has 0 saturated heterocycles. The van der Waals surface area contributed by atoms with E-state index in [2.05, 4.69) is 38.3 Å². The van der Waals surface area contributed by atoms with Gasteiger partial charge in [0.15, 0.2) is 0 Å². The van der Waals surface area contributed by atoms with Gasteiger partial charge in [-0.05, 0) is 37.5 Å². The molecule has 0 aliphatic heterocycles. The Kier molecular flexibility index (Phi) is 5.20. The summed E-state index contributed by atoms with van der Waals surface area (Å²) in [5.41, 5.74) is 2.91. The Bertz CT molecular complexity index is 415. The van der Waals surface area contributed by atoms with Gasteiger partial charge in [0, 0.05) is 24.3 Å². The molecule has 0 saturated carbocycles. The molecule has 3 heteroatoms. The first-order valence-corrected chi connectivity index (χ1v) is 6.58. The van der Waals surface area contributed by atoms with Crippen molar-refractivity contribution in [3.05, 3.63) is 29.3 Å². The van der Waals surface area contributed by atoms with Crippen LogP contribution in [0.5, 0.6) is 0 Å². The normalized spacial score (nSPS) is 13.8. The van der Waals surface area contributed by atoms with Gasteiger partial charge in [0.2, 0.25) is 0 Å². The molecule has 100 valence electrons. The van der Waals surface area contributed by atoms with Crippen molar-refractivity contribution < 1.29 is 4.79 Å². The molecule has 0 aliphatic carbocycles. The highest BCUT2D eigenvalue weighted by Crippen LogP contribution is 2.20. The molecule has 2 unspecified atom stereocenters. The van der Waals surface area contributed by atoms with Crippen LogP contribution in [0.4, 0.5) is 5.69 Å². The number of hydrogen-bond donors (Lipinski definition) is 2. The summed E-state index contributed by atoms with van der Waals surface area (Å²) >= 11 is 0. The number of anilines is 1. The summed E-state index contributed by atoms with van der Waals surface area (Å²) in [6.07, 6.45) is 1.14. The molecule has 2 N–H and O–H groups in total. The highest BCUT2D eigenvalue weighted by atomic mass is 16.1. The quantitative estimate of drug-likeness (QED) is 0.840. The Morgan fingerprint density at radius 3 is 2.56 bits per heavy atom. The van der Waals surface area contributed by atoms with Crippen LogP contribution in [0, 0.1) is 12.8 Å². The lowest BCUT2D eigenvalue weighted by atomic mass is 10.00. The van der Waals surface area contributed by atoms with Gasteiger partial charge < -0.3 is 10.6 Å². The van der Waals surface area contributed by atoms with E-state index < -0.39 is 0 Å². The molecule has 18 heavy (non-hydrogen) atoms. The predicted octanol–water partition coefficient (Wildman–Crippen LogP) is 3.20. The predicted molar refractivity (Wildman–Crippen MR) is 77.1 cm³/mol. The molecule has 0 heterocycles. The summed E-state index contributed by atoms with van der Waals surface area (Å²) in [4.78, 5) is 11.6. The summed E-state index contributed by atoms with van der Waals surface area (Å²) in [5, 5.41) is 6.15. The molecule has 0 fully saturated rings. The first-order chi connectivity index (χ1) is 8.49. The van der Waals surface area contributed by atoms with Gasteiger partial charge in [-0.2, -0.15) is 0 Å². The van der Waals surface area contributed by atoms with E-state index in [4.69, 9.17) is 0 Å². The van der Waals surface area contributed by atoms with Crippen molar-refractivity contribution in [2.75, 3.05) is 12.4 Å². The zero-order valence-corrected chi connectivity index (χ0v) is 12.0. The van der Waals surface area contributed by atoms with Gasteiger partial charge in [0.05, 0.1) is 0 Å². The van der Waals surface area contributed by atoms with Gasteiger partial charge in [-0.15, -0.1) is 0 Å². The summed E-state index contributed by atoms with van der Waals surface area (Å²) in [6.45, 7) is 8.66.